The molecule has 182 valence electrons. The van der Waals surface area contributed by atoms with Crippen LogP contribution in [0.15, 0.2) is 76.3 Å². The number of carbonyl (C=O) groups excluding carboxylic acids is 3. The number of H-pyrrole nitrogens is 2. The second kappa shape index (κ2) is 10.4. The highest BCUT2D eigenvalue weighted by Crippen LogP contribution is 2.19. The van der Waals surface area contributed by atoms with Gasteiger partial charge in [0.25, 0.3) is 22.9 Å². The van der Waals surface area contributed by atoms with Crippen molar-refractivity contribution in [1.29, 1.82) is 0 Å². The number of methoxy groups -OCH3 is 1. The van der Waals surface area contributed by atoms with E-state index in [1.54, 1.807) is 42.5 Å². The molecule has 3 aromatic carbocycles. The average Bonchev–Trinajstić information content (AvgIpc) is 2.90. The summed E-state index contributed by atoms with van der Waals surface area (Å²) in [4.78, 5) is 62.0. The highest BCUT2D eigenvalue weighted by atomic mass is 16.5. The van der Waals surface area contributed by atoms with Crippen LogP contribution in [0.4, 0.5) is 11.4 Å². The summed E-state index contributed by atoms with van der Waals surface area (Å²) in [6.07, 6.45) is 0. The second-order valence-electron chi connectivity index (χ2n) is 7.60. The third-order valence-corrected chi connectivity index (χ3v) is 5.28. The van der Waals surface area contributed by atoms with Gasteiger partial charge in [-0.15, -0.1) is 0 Å². The first-order chi connectivity index (χ1) is 17.4. The van der Waals surface area contributed by atoms with Gasteiger partial charge in [0.05, 0.1) is 41.4 Å². The molecule has 0 unspecified atom stereocenters. The number of anilines is 2. The molecule has 36 heavy (non-hydrogen) atoms. The van der Waals surface area contributed by atoms with Gasteiger partial charge in [0.1, 0.15) is 5.75 Å². The van der Waals surface area contributed by atoms with Crippen LogP contribution in [0.5, 0.6) is 5.75 Å². The lowest BCUT2D eigenvalue weighted by Crippen LogP contribution is -2.33. The van der Waals surface area contributed by atoms with Gasteiger partial charge in [-0.25, -0.2) is 0 Å². The number of aromatic amines is 2. The van der Waals surface area contributed by atoms with Crippen molar-refractivity contribution in [3.8, 4) is 5.75 Å². The lowest BCUT2D eigenvalue weighted by molar-refractivity contribution is -0.115. The molecule has 1 heterocycles. The van der Waals surface area contributed by atoms with Crippen LogP contribution >= 0.6 is 0 Å². The quantitative estimate of drug-likeness (QED) is 0.267. The minimum atomic E-state index is -0.615. The Morgan fingerprint density at radius 3 is 2.22 bits per heavy atom. The molecular formula is C25H21N5O6. The molecule has 1 aromatic heterocycles. The number of para-hydroxylation sites is 1. The van der Waals surface area contributed by atoms with Gasteiger partial charge in [-0.3, -0.25) is 34.2 Å². The van der Waals surface area contributed by atoms with Crippen molar-refractivity contribution in [2.75, 3.05) is 24.3 Å². The SMILES string of the molecule is COc1ccc(C(=O)Nc2ccccc2C(=O)NCC(=O)Nc2cccc3c(=O)[nH][nH]c(=O)c23)cc1. The first kappa shape index (κ1) is 24.0. The van der Waals surface area contributed by atoms with Crippen LogP contribution in [0, 0.1) is 0 Å². The Balaban J connectivity index is 1.44. The number of benzene rings is 3. The zero-order valence-corrected chi connectivity index (χ0v) is 19.0. The molecule has 0 bridgehead atoms. The summed E-state index contributed by atoms with van der Waals surface area (Å²) in [5.74, 6) is -1.03. The maximum Gasteiger partial charge on any atom is 0.272 e. The highest BCUT2D eigenvalue weighted by Gasteiger charge is 2.16. The van der Waals surface area contributed by atoms with Crippen LogP contribution in [0.3, 0.4) is 0 Å². The Labute approximate surface area is 203 Å². The average molecular weight is 487 g/mol. The van der Waals surface area contributed by atoms with Crippen molar-refractivity contribution in [3.05, 3.63) is 98.6 Å². The number of hydrogen-bond acceptors (Lipinski definition) is 6. The van der Waals surface area contributed by atoms with Gasteiger partial charge in [0.2, 0.25) is 5.91 Å². The van der Waals surface area contributed by atoms with E-state index in [1.807, 2.05) is 0 Å². The third-order valence-electron chi connectivity index (χ3n) is 5.28. The minimum Gasteiger partial charge on any atom is -0.497 e. The maximum atomic E-state index is 12.8. The van der Waals surface area contributed by atoms with E-state index in [4.69, 9.17) is 4.74 Å². The predicted molar refractivity (Wildman–Crippen MR) is 134 cm³/mol. The van der Waals surface area contributed by atoms with Gasteiger partial charge in [0, 0.05) is 5.56 Å². The summed E-state index contributed by atoms with van der Waals surface area (Å²) in [6.45, 7) is -0.420. The smallest absolute Gasteiger partial charge is 0.272 e. The number of carbonyl (C=O) groups is 3. The highest BCUT2D eigenvalue weighted by molar-refractivity contribution is 6.10. The van der Waals surface area contributed by atoms with Crippen molar-refractivity contribution in [3.63, 3.8) is 0 Å². The first-order valence-corrected chi connectivity index (χ1v) is 10.7. The summed E-state index contributed by atoms with van der Waals surface area (Å²) < 4.78 is 5.08. The van der Waals surface area contributed by atoms with Crippen molar-refractivity contribution >= 4 is 39.9 Å². The first-order valence-electron chi connectivity index (χ1n) is 10.7. The Bertz CT molecular complexity index is 1570. The van der Waals surface area contributed by atoms with Crippen LogP contribution < -0.4 is 31.8 Å². The van der Waals surface area contributed by atoms with E-state index < -0.39 is 35.4 Å². The molecule has 0 radical (unpaired) electrons. The molecule has 5 N–H and O–H groups in total. The molecule has 0 spiro atoms. The third kappa shape index (κ3) is 5.14. The number of hydrogen-bond donors (Lipinski definition) is 5. The van der Waals surface area contributed by atoms with Gasteiger partial charge in [-0.1, -0.05) is 18.2 Å². The van der Waals surface area contributed by atoms with Gasteiger partial charge in [-0.2, -0.15) is 0 Å². The van der Waals surface area contributed by atoms with Crippen molar-refractivity contribution in [2.24, 2.45) is 0 Å². The van der Waals surface area contributed by atoms with Crippen molar-refractivity contribution in [1.82, 2.24) is 15.5 Å². The fourth-order valence-corrected chi connectivity index (χ4v) is 3.51. The molecule has 4 rings (SSSR count). The van der Waals surface area contributed by atoms with Crippen molar-refractivity contribution in [2.45, 2.75) is 0 Å². The number of ether oxygens (including phenoxy) is 1. The molecule has 0 saturated carbocycles. The lowest BCUT2D eigenvalue weighted by Gasteiger charge is -2.12. The molecule has 0 aliphatic rings. The summed E-state index contributed by atoms with van der Waals surface area (Å²) in [7, 11) is 1.52. The van der Waals surface area contributed by atoms with Gasteiger partial charge >= 0.3 is 0 Å². The Morgan fingerprint density at radius 1 is 0.778 bits per heavy atom. The Morgan fingerprint density at radius 2 is 1.47 bits per heavy atom. The number of amides is 3. The largest absolute Gasteiger partial charge is 0.497 e. The number of rotatable bonds is 7. The normalized spacial score (nSPS) is 10.5. The predicted octanol–water partition coefficient (Wildman–Crippen LogP) is 1.85. The van der Waals surface area contributed by atoms with E-state index >= 15 is 0 Å². The molecule has 11 heteroatoms. The van der Waals surface area contributed by atoms with Crippen LogP contribution in [0.25, 0.3) is 10.8 Å². The van der Waals surface area contributed by atoms with E-state index in [2.05, 4.69) is 26.1 Å². The van der Waals surface area contributed by atoms with Crippen LogP contribution in [0.1, 0.15) is 20.7 Å². The van der Waals surface area contributed by atoms with E-state index in [1.165, 1.54) is 31.4 Å². The number of aromatic nitrogens is 2. The minimum absolute atomic E-state index is 0.0208. The summed E-state index contributed by atoms with van der Waals surface area (Å²) in [5, 5.41) is 12.3. The monoisotopic (exact) mass is 487 g/mol. The molecule has 4 aromatic rings. The number of fused-ring (bicyclic) bond motifs is 1. The lowest BCUT2D eigenvalue weighted by atomic mass is 10.1. The fourth-order valence-electron chi connectivity index (χ4n) is 3.51. The maximum absolute atomic E-state index is 12.8. The second-order valence-corrected chi connectivity index (χ2v) is 7.60. The van der Waals surface area contributed by atoms with Crippen LogP contribution in [0.2, 0.25) is 0 Å². The standard InChI is InChI=1S/C25H21N5O6/c1-36-15-11-9-14(10-12-15)22(32)28-18-7-3-2-5-16(18)23(33)26-13-20(31)27-19-8-4-6-17-21(19)25(35)30-29-24(17)34/h2-12H,13H2,1H3,(H,26,33)(H,27,31)(H,28,32)(H,29,34)(H,30,35). The summed E-state index contributed by atoms with van der Waals surface area (Å²) in [5.41, 5.74) is -0.176. The zero-order chi connectivity index (χ0) is 25.7. The summed E-state index contributed by atoms with van der Waals surface area (Å²) in [6, 6.07) is 17.3. The van der Waals surface area contributed by atoms with E-state index in [9.17, 15) is 24.0 Å². The Kier molecular flexibility index (Phi) is 6.91. The molecule has 3 amide bonds. The topological polar surface area (TPSA) is 162 Å². The van der Waals surface area contributed by atoms with Gasteiger partial charge in [0.15, 0.2) is 0 Å². The zero-order valence-electron chi connectivity index (χ0n) is 19.0. The van der Waals surface area contributed by atoms with Crippen LogP contribution in [-0.2, 0) is 4.79 Å². The molecule has 11 nitrogen and oxygen atoms in total. The molecule has 0 aliphatic heterocycles. The van der Waals surface area contributed by atoms with E-state index in [-0.39, 0.29) is 27.7 Å². The summed E-state index contributed by atoms with van der Waals surface area (Å²) >= 11 is 0. The molecule has 0 atom stereocenters. The number of nitrogens with one attached hydrogen (secondary N) is 5. The fraction of sp³-hybridized carbons (Fsp3) is 0.0800. The van der Waals surface area contributed by atoms with E-state index in [0.29, 0.717) is 11.3 Å². The van der Waals surface area contributed by atoms with Crippen molar-refractivity contribution < 1.29 is 19.1 Å². The van der Waals surface area contributed by atoms with Crippen LogP contribution in [-0.4, -0.2) is 41.6 Å². The molecular weight excluding hydrogens is 466 g/mol. The Hall–Kier alpha value is -5.19. The van der Waals surface area contributed by atoms with Gasteiger partial charge < -0.3 is 20.7 Å². The molecule has 0 saturated heterocycles. The van der Waals surface area contributed by atoms with Gasteiger partial charge in [-0.05, 0) is 48.5 Å². The molecule has 0 fully saturated rings. The van der Waals surface area contributed by atoms with E-state index in [0.717, 1.165) is 0 Å². The molecule has 0 aliphatic carbocycles.